The Morgan fingerprint density at radius 2 is 1.71 bits per heavy atom. The maximum atomic E-state index is 12.6. The van der Waals surface area contributed by atoms with Crippen molar-refractivity contribution >= 4 is 43.6 Å². The van der Waals surface area contributed by atoms with Crippen LogP contribution in [-0.2, 0) is 20.1 Å². The van der Waals surface area contributed by atoms with E-state index in [0.29, 0.717) is 23.8 Å². The Balaban J connectivity index is 3.04. The molecule has 0 unspecified atom stereocenters. The standard InChI is InChI=1S/C17H25Br2NO4/c1-17(2,3)24-16(22)20(4-6-23-7-5-21)15-9-13(11-18)8-14(10-15)12-19/h8-10,21H,4-7,11-12H2,1-3H3. The van der Waals surface area contributed by atoms with Crippen LogP contribution in [0.4, 0.5) is 10.5 Å². The van der Waals surface area contributed by atoms with Crippen LogP contribution in [0, 0.1) is 0 Å². The van der Waals surface area contributed by atoms with E-state index in [1.807, 2.05) is 32.9 Å². The zero-order valence-electron chi connectivity index (χ0n) is 14.3. The zero-order valence-corrected chi connectivity index (χ0v) is 17.5. The summed E-state index contributed by atoms with van der Waals surface area (Å²) in [6.45, 7) is 6.39. The predicted molar refractivity (Wildman–Crippen MR) is 103 cm³/mol. The number of hydrogen-bond donors (Lipinski definition) is 1. The average Bonchev–Trinajstić information content (AvgIpc) is 2.52. The van der Waals surface area contributed by atoms with E-state index >= 15 is 0 Å². The van der Waals surface area contributed by atoms with Gasteiger partial charge in [-0.05, 0) is 44.0 Å². The fourth-order valence-corrected chi connectivity index (χ4v) is 2.67. The van der Waals surface area contributed by atoms with Gasteiger partial charge >= 0.3 is 6.09 Å². The van der Waals surface area contributed by atoms with Gasteiger partial charge in [0.1, 0.15) is 5.60 Å². The van der Waals surface area contributed by atoms with Crippen LogP contribution < -0.4 is 4.90 Å². The number of anilines is 1. The maximum Gasteiger partial charge on any atom is 0.414 e. The SMILES string of the molecule is CC(C)(C)OC(=O)N(CCOCCO)c1cc(CBr)cc(CBr)c1. The largest absolute Gasteiger partial charge is 0.443 e. The van der Waals surface area contributed by atoms with Crippen molar-refractivity contribution in [1.82, 2.24) is 0 Å². The van der Waals surface area contributed by atoms with Crippen molar-refractivity contribution in [2.24, 2.45) is 0 Å². The lowest BCUT2D eigenvalue weighted by atomic mass is 10.1. The normalized spacial score (nSPS) is 11.4. The van der Waals surface area contributed by atoms with Crippen LogP contribution in [0.2, 0.25) is 0 Å². The first-order chi connectivity index (χ1) is 11.3. The molecule has 0 saturated carbocycles. The van der Waals surface area contributed by atoms with Crippen molar-refractivity contribution < 1.29 is 19.4 Å². The number of hydrogen-bond acceptors (Lipinski definition) is 4. The Morgan fingerprint density at radius 3 is 2.17 bits per heavy atom. The third kappa shape index (κ3) is 7.51. The molecule has 0 saturated heterocycles. The number of amides is 1. The van der Waals surface area contributed by atoms with Crippen molar-refractivity contribution in [3.63, 3.8) is 0 Å². The van der Waals surface area contributed by atoms with Gasteiger partial charge in [0, 0.05) is 16.3 Å². The second-order valence-electron chi connectivity index (χ2n) is 6.24. The second kappa shape index (κ2) is 10.4. The van der Waals surface area contributed by atoms with Gasteiger partial charge in [-0.3, -0.25) is 4.90 Å². The van der Waals surface area contributed by atoms with Crippen molar-refractivity contribution in [3.8, 4) is 0 Å². The monoisotopic (exact) mass is 465 g/mol. The average molecular weight is 467 g/mol. The summed E-state index contributed by atoms with van der Waals surface area (Å²) >= 11 is 6.92. The third-order valence-electron chi connectivity index (χ3n) is 2.97. The summed E-state index contributed by atoms with van der Waals surface area (Å²) in [4.78, 5) is 14.2. The molecular weight excluding hydrogens is 442 g/mol. The van der Waals surface area contributed by atoms with E-state index in [4.69, 9.17) is 14.6 Å². The molecule has 0 bridgehead atoms. The van der Waals surface area contributed by atoms with Gasteiger partial charge in [-0.25, -0.2) is 4.79 Å². The molecule has 5 nitrogen and oxygen atoms in total. The molecule has 0 aliphatic rings. The Bertz CT molecular complexity index is 510. The molecule has 1 rings (SSSR count). The first kappa shape index (κ1) is 21.4. The molecule has 0 atom stereocenters. The van der Waals surface area contributed by atoms with Gasteiger partial charge in [-0.15, -0.1) is 0 Å². The lowest BCUT2D eigenvalue weighted by Gasteiger charge is -2.28. The highest BCUT2D eigenvalue weighted by atomic mass is 79.9. The highest BCUT2D eigenvalue weighted by Crippen LogP contribution is 2.24. The summed E-state index contributed by atoms with van der Waals surface area (Å²) in [7, 11) is 0. The Labute approximate surface area is 160 Å². The molecule has 1 aromatic rings. The summed E-state index contributed by atoms with van der Waals surface area (Å²) in [6.07, 6.45) is -0.414. The van der Waals surface area contributed by atoms with E-state index in [9.17, 15) is 4.79 Å². The summed E-state index contributed by atoms with van der Waals surface area (Å²) in [5.41, 5.74) is 2.34. The third-order valence-corrected chi connectivity index (χ3v) is 4.26. The summed E-state index contributed by atoms with van der Waals surface area (Å²) < 4.78 is 10.8. The predicted octanol–water partition coefficient (Wildman–Crippen LogP) is 4.23. The molecule has 24 heavy (non-hydrogen) atoms. The number of carbonyl (C=O) groups is 1. The summed E-state index contributed by atoms with van der Waals surface area (Å²) in [6, 6.07) is 5.98. The van der Waals surface area contributed by atoms with E-state index in [1.54, 1.807) is 4.90 Å². The highest BCUT2D eigenvalue weighted by Gasteiger charge is 2.24. The molecule has 0 aliphatic heterocycles. The molecule has 136 valence electrons. The van der Waals surface area contributed by atoms with Crippen molar-refractivity contribution in [3.05, 3.63) is 29.3 Å². The molecule has 1 amide bonds. The van der Waals surface area contributed by atoms with Crippen molar-refractivity contribution in [2.45, 2.75) is 37.0 Å². The molecule has 0 radical (unpaired) electrons. The number of benzene rings is 1. The number of alkyl halides is 2. The van der Waals surface area contributed by atoms with Gasteiger partial charge in [0.2, 0.25) is 0 Å². The number of aliphatic hydroxyl groups is 1. The van der Waals surface area contributed by atoms with Gasteiger partial charge in [0.25, 0.3) is 0 Å². The smallest absolute Gasteiger partial charge is 0.414 e. The van der Waals surface area contributed by atoms with Gasteiger partial charge in [-0.2, -0.15) is 0 Å². The molecule has 1 aromatic carbocycles. The first-order valence-corrected chi connectivity index (χ1v) is 9.99. The Hall–Kier alpha value is -0.630. The van der Waals surface area contributed by atoms with E-state index < -0.39 is 11.7 Å². The summed E-state index contributed by atoms with van der Waals surface area (Å²) in [5.74, 6) is 0. The minimum Gasteiger partial charge on any atom is -0.443 e. The maximum absolute atomic E-state index is 12.6. The molecule has 0 fully saturated rings. The van der Waals surface area contributed by atoms with E-state index in [1.165, 1.54) is 0 Å². The number of carbonyl (C=O) groups excluding carboxylic acids is 1. The van der Waals surface area contributed by atoms with Crippen LogP contribution in [0.15, 0.2) is 18.2 Å². The quantitative estimate of drug-likeness (QED) is 0.460. The molecule has 1 N–H and O–H groups in total. The van der Waals surface area contributed by atoms with Crippen molar-refractivity contribution in [2.75, 3.05) is 31.3 Å². The molecule has 0 heterocycles. The molecule has 7 heteroatoms. The fourth-order valence-electron chi connectivity index (χ4n) is 2.02. The van der Waals surface area contributed by atoms with E-state index in [0.717, 1.165) is 16.8 Å². The van der Waals surface area contributed by atoms with Crippen molar-refractivity contribution in [1.29, 1.82) is 0 Å². The number of ether oxygens (including phenoxy) is 2. The fraction of sp³-hybridized carbons (Fsp3) is 0.588. The summed E-state index contributed by atoms with van der Waals surface area (Å²) in [5, 5.41) is 10.2. The van der Waals surface area contributed by atoms with Crippen LogP contribution >= 0.6 is 31.9 Å². The minimum atomic E-state index is -0.577. The molecule has 0 aromatic heterocycles. The number of rotatable bonds is 8. The Morgan fingerprint density at radius 1 is 1.12 bits per heavy atom. The van der Waals surface area contributed by atoms with Crippen LogP contribution in [0.25, 0.3) is 0 Å². The van der Waals surface area contributed by atoms with Gasteiger partial charge < -0.3 is 14.6 Å². The lowest BCUT2D eigenvalue weighted by molar-refractivity contribution is 0.0548. The molecular formula is C17H25Br2NO4. The zero-order chi connectivity index (χ0) is 18.2. The lowest BCUT2D eigenvalue weighted by Crippen LogP contribution is -2.39. The van der Waals surface area contributed by atoms with Crippen LogP contribution in [0.3, 0.4) is 0 Å². The second-order valence-corrected chi connectivity index (χ2v) is 7.36. The van der Waals surface area contributed by atoms with Crippen LogP contribution in [-0.4, -0.2) is 43.2 Å². The highest BCUT2D eigenvalue weighted by molar-refractivity contribution is 9.08. The van der Waals surface area contributed by atoms with Gasteiger partial charge in [0.15, 0.2) is 0 Å². The Kier molecular flexibility index (Phi) is 9.26. The topological polar surface area (TPSA) is 59.0 Å². The van der Waals surface area contributed by atoms with Crippen LogP contribution in [0.5, 0.6) is 0 Å². The van der Waals surface area contributed by atoms with E-state index in [2.05, 4.69) is 37.9 Å². The van der Waals surface area contributed by atoms with Gasteiger partial charge in [-0.1, -0.05) is 37.9 Å². The minimum absolute atomic E-state index is 0.0424. The van der Waals surface area contributed by atoms with E-state index in [-0.39, 0.29) is 13.2 Å². The number of halogens is 2. The van der Waals surface area contributed by atoms with Gasteiger partial charge in [0.05, 0.1) is 26.4 Å². The van der Waals surface area contributed by atoms with Crippen LogP contribution in [0.1, 0.15) is 31.9 Å². The number of aliphatic hydroxyl groups excluding tert-OH is 1. The first-order valence-electron chi connectivity index (χ1n) is 7.74. The molecule has 0 spiro atoms. The molecule has 0 aliphatic carbocycles. The number of nitrogens with zero attached hydrogens (tertiary/aromatic N) is 1.